The average Bonchev–Trinajstić information content (AvgIpc) is 3.16. The predicted octanol–water partition coefficient (Wildman–Crippen LogP) is 6.08. The van der Waals surface area contributed by atoms with Gasteiger partial charge in [0.25, 0.3) is 0 Å². The lowest BCUT2D eigenvalue weighted by molar-refractivity contribution is 0.118. The lowest BCUT2D eigenvalue weighted by atomic mass is 9.64. The molecule has 0 unspecified atom stereocenters. The Kier molecular flexibility index (Phi) is 4.26. The quantitative estimate of drug-likeness (QED) is 0.729. The first-order chi connectivity index (χ1) is 12.4. The monoisotopic (exact) mass is 349 g/mol. The Morgan fingerprint density at radius 1 is 1.04 bits per heavy atom. The summed E-state index contributed by atoms with van der Waals surface area (Å²) in [7, 11) is 0. The molecule has 0 heterocycles. The number of carbonyl (C=O) groups excluding carboxylic acids is 1. The van der Waals surface area contributed by atoms with E-state index in [1.807, 2.05) is 42.5 Å². The summed E-state index contributed by atoms with van der Waals surface area (Å²) in [5.74, 6) is 3.65. The van der Waals surface area contributed by atoms with Crippen LogP contribution < -0.4 is 10.1 Å². The van der Waals surface area contributed by atoms with Crippen LogP contribution in [0.3, 0.4) is 0 Å². The van der Waals surface area contributed by atoms with E-state index in [9.17, 15) is 4.79 Å². The molecular formula is C23H27NO2. The van der Waals surface area contributed by atoms with Crippen molar-refractivity contribution in [2.24, 2.45) is 23.2 Å². The van der Waals surface area contributed by atoms with E-state index in [1.54, 1.807) is 0 Å². The molecule has 2 aliphatic carbocycles. The summed E-state index contributed by atoms with van der Waals surface area (Å²) in [6.07, 6.45) is 2.19. The lowest BCUT2D eigenvalue weighted by Gasteiger charge is -2.41. The fraction of sp³-hybridized carbons (Fsp3) is 0.435. The molecule has 1 amide bonds. The van der Waals surface area contributed by atoms with Crippen molar-refractivity contribution in [2.75, 3.05) is 5.32 Å². The Balaban J connectivity index is 1.41. The van der Waals surface area contributed by atoms with Crippen LogP contribution in [0, 0.1) is 23.2 Å². The number of para-hydroxylation sites is 1. The van der Waals surface area contributed by atoms with Crippen molar-refractivity contribution in [3.8, 4) is 5.75 Å². The van der Waals surface area contributed by atoms with Crippen LogP contribution >= 0.6 is 0 Å². The van der Waals surface area contributed by atoms with Gasteiger partial charge >= 0.3 is 6.09 Å². The Bertz CT molecular complexity index is 782. The van der Waals surface area contributed by atoms with Gasteiger partial charge in [0.15, 0.2) is 0 Å². The third kappa shape index (κ3) is 3.00. The zero-order valence-electron chi connectivity index (χ0n) is 15.7. The maximum absolute atomic E-state index is 12.0. The number of hydrogen-bond donors (Lipinski definition) is 1. The van der Waals surface area contributed by atoms with Gasteiger partial charge in [-0.15, -0.1) is 0 Å². The molecule has 4 atom stereocenters. The largest absolute Gasteiger partial charge is 0.417 e. The lowest BCUT2D eigenvalue weighted by Crippen LogP contribution is -2.32. The topological polar surface area (TPSA) is 38.3 Å². The second-order valence-corrected chi connectivity index (χ2v) is 8.50. The van der Waals surface area contributed by atoms with Crippen molar-refractivity contribution in [2.45, 2.75) is 39.5 Å². The van der Waals surface area contributed by atoms with E-state index in [4.69, 9.17) is 4.74 Å². The first-order valence-electron chi connectivity index (χ1n) is 9.59. The first kappa shape index (κ1) is 17.1. The first-order valence-corrected chi connectivity index (χ1v) is 9.59. The van der Waals surface area contributed by atoms with Crippen LogP contribution in [0.2, 0.25) is 0 Å². The molecule has 2 aliphatic rings. The number of fused-ring (bicyclic) bond motifs is 2. The Hall–Kier alpha value is -2.29. The molecule has 2 aromatic carbocycles. The Labute approximate surface area is 155 Å². The molecule has 4 rings (SSSR count). The van der Waals surface area contributed by atoms with Gasteiger partial charge in [-0.1, -0.05) is 51.1 Å². The van der Waals surface area contributed by atoms with Crippen molar-refractivity contribution in [1.29, 1.82) is 0 Å². The molecule has 0 aromatic heterocycles. The van der Waals surface area contributed by atoms with Crippen LogP contribution in [0.1, 0.15) is 45.1 Å². The molecule has 0 aliphatic heterocycles. The maximum atomic E-state index is 12.0. The van der Waals surface area contributed by atoms with Crippen LogP contribution in [-0.2, 0) is 0 Å². The number of rotatable bonds is 3. The molecule has 3 nitrogen and oxygen atoms in total. The van der Waals surface area contributed by atoms with Crippen molar-refractivity contribution in [3.63, 3.8) is 0 Å². The van der Waals surface area contributed by atoms with Crippen LogP contribution in [0.4, 0.5) is 10.5 Å². The minimum absolute atomic E-state index is 0.415. The Morgan fingerprint density at radius 2 is 1.73 bits per heavy atom. The van der Waals surface area contributed by atoms with Crippen LogP contribution in [0.15, 0.2) is 54.6 Å². The molecular weight excluding hydrogens is 322 g/mol. The van der Waals surface area contributed by atoms with Gasteiger partial charge in [-0.2, -0.15) is 0 Å². The van der Waals surface area contributed by atoms with Crippen LogP contribution in [-0.4, -0.2) is 6.09 Å². The van der Waals surface area contributed by atoms with E-state index in [0.29, 0.717) is 17.1 Å². The van der Waals surface area contributed by atoms with Crippen LogP contribution in [0.5, 0.6) is 5.75 Å². The Morgan fingerprint density at radius 3 is 2.35 bits per heavy atom. The van der Waals surface area contributed by atoms with Gasteiger partial charge in [-0.3, -0.25) is 5.32 Å². The molecule has 2 aromatic rings. The number of anilines is 1. The minimum Gasteiger partial charge on any atom is -0.410 e. The number of benzene rings is 2. The number of carbonyl (C=O) groups is 1. The van der Waals surface area contributed by atoms with Crippen LogP contribution in [0.25, 0.3) is 0 Å². The molecule has 26 heavy (non-hydrogen) atoms. The molecule has 3 heteroatoms. The van der Waals surface area contributed by atoms with E-state index in [0.717, 1.165) is 23.4 Å². The summed E-state index contributed by atoms with van der Waals surface area (Å²) >= 11 is 0. The highest BCUT2D eigenvalue weighted by atomic mass is 16.6. The normalized spacial score (nSPS) is 28.7. The van der Waals surface area contributed by atoms with Crippen molar-refractivity contribution >= 4 is 11.8 Å². The van der Waals surface area contributed by atoms with Gasteiger partial charge in [0, 0.05) is 5.69 Å². The second kappa shape index (κ2) is 6.46. The van der Waals surface area contributed by atoms with Crippen molar-refractivity contribution in [1.82, 2.24) is 0 Å². The molecule has 2 bridgehead atoms. The van der Waals surface area contributed by atoms with E-state index >= 15 is 0 Å². The fourth-order valence-electron chi connectivity index (χ4n) is 5.18. The van der Waals surface area contributed by atoms with Gasteiger partial charge in [-0.05, 0) is 71.8 Å². The standard InChI is InChI=1S/C23H27NO2/c1-15-17-13-20(21(14-17)23(15,2)3)16-9-11-19(12-10-16)26-22(25)24-18-7-5-4-6-8-18/h4-12,15,17,20-21H,13-14H2,1-3H3,(H,24,25)/t15-,17-,20-,21-/m0/s1. The second-order valence-electron chi connectivity index (χ2n) is 8.50. The molecule has 2 saturated carbocycles. The van der Waals surface area contributed by atoms with Gasteiger partial charge in [0.05, 0.1) is 0 Å². The van der Waals surface area contributed by atoms with E-state index < -0.39 is 6.09 Å². The average molecular weight is 349 g/mol. The molecule has 0 saturated heterocycles. The highest BCUT2D eigenvalue weighted by Gasteiger charge is 2.55. The highest BCUT2D eigenvalue weighted by molar-refractivity contribution is 5.86. The maximum Gasteiger partial charge on any atom is 0.417 e. The highest BCUT2D eigenvalue weighted by Crippen LogP contribution is 2.64. The molecule has 0 spiro atoms. The fourth-order valence-corrected chi connectivity index (χ4v) is 5.18. The predicted molar refractivity (Wildman–Crippen MR) is 104 cm³/mol. The number of amides is 1. The van der Waals surface area contributed by atoms with Crippen molar-refractivity contribution < 1.29 is 9.53 Å². The molecule has 2 fully saturated rings. The van der Waals surface area contributed by atoms with Gasteiger partial charge < -0.3 is 4.74 Å². The van der Waals surface area contributed by atoms with Gasteiger partial charge in [-0.25, -0.2) is 4.79 Å². The molecule has 1 N–H and O–H groups in total. The summed E-state index contributed by atoms with van der Waals surface area (Å²) in [5.41, 5.74) is 2.53. The van der Waals surface area contributed by atoms with Gasteiger partial charge in [0.1, 0.15) is 5.75 Å². The van der Waals surface area contributed by atoms with E-state index in [2.05, 4.69) is 38.2 Å². The third-order valence-corrected chi connectivity index (χ3v) is 6.97. The third-order valence-electron chi connectivity index (χ3n) is 6.97. The van der Waals surface area contributed by atoms with E-state index in [1.165, 1.54) is 18.4 Å². The minimum atomic E-state index is -0.459. The summed E-state index contributed by atoms with van der Waals surface area (Å²) in [6, 6.07) is 17.4. The van der Waals surface area contributed by atoms with E-state index in [-0.39, 0.29) is 0 Å². The summed E-state index contributed by atoms with van der Waals surface area (Å²) in [5, 5.41) is 2.74. The smallest absolute Gasteiger partial charge is 0.410 e. The van der Waals surface area contributed by atoms with Crippen molar-refractivity contribution in [3.05, 3.63) is 60.2 Å². The summed E-state index contributed by atoms with van der Waals surface area (Å²) < 4.78 is 5.41. The molecule has 136 valence electrons. The zero-order valence-corrected chi connectivity index (χ0v) is 15.7. The number of hydrogen-bond acceptors (Lipinski definition) is 2. The SMILES string of the molecule is C[C@H]1[C@H]2C[C@@H](c3ccc(OC(=O)Nc4ccccc4)cc3)[C@H](C2)C1(C)C. The summed E-state index contributed by atoms with van der Waals surface area (Å²) in [4.78, 5) is 12.0. The number of nitrogens with one attached hydrogen (secondary N) is 1. The van der Waals surface area contributed by atoms with Gasteiger partial charge in [0.2, 0.25) is 0 Å². The summed E-state index contributed by atoms with van der Waals surface area (Å²) in [6.45, 7) is 7.28. The molecule has 0 radical (unpaired) electrons. The number of ether oxygens (including phenoxy) is 1. The zero-order chi connectivity index (χ0) is 18.3.